The van der Waals surface area contributed by atoms with Gasteiger partial charge in [0, 0.05) is 12.7 Å². The van der Waals surface area contributed by atoms with E-state index in [0.717, 1.165) is 39.6 Å². The van der Waals surface area contributed by atoms with Crippen molar-refractivity contribution in [3.8, 4) is 28.0 Å². The van der Waals surface area contributed by atoms with E-state index in [4.69, 9.17) is 9.47 Å². The van der Waals surface area contributed by atoms with Crippen LogP contribution in [0.15, 0.2) is 84.9 Å². The molecule has 152 valence electrons. The molecule has 0 aliphatic heterocycles. The maximum atomic E-state index is 13.0. The highest BCUT2D eigenvalue weighted by molar-refractivity contribution is 6.03. The zero-order chi connectivity index (χ0) is 21.1. The molecule has 0 spiro atoms. The summed E-state index contributed by atoms with van der Waals surface area (Å²) >= 11 is 0. The smallest absolute Gasteiger partial charge is 0.416 e. The first-order valence-corrected chi connectivity index (χ1v) is 9.39. The molecule has 5 heteroatoms. The number of fused-ring (bicyclic) bond motifs is 1. The number of benzene rings is 4. The van der Waals surface area contributed by atoms with Gasteiger partial charge in [0.15, 0.2) is 6.79 Å². The van der Waals surface area contributed by atoms with Gasteiger partial charge in [0.25, 0.3) is 0 Å². The second-order valence-corrected chi connectivity index (χ2v) is 6.83. The average Bonchev–Trinajstić information content (AvgIpc) is 2.77. The Morgan fingerprint density at radius 3 is 2.10 bits per heavy atom. The minimum atomic E-state index is -4.37. The van der Waals surface area contributed by atoms with Crippen molar-refractivity contribution >= 4 is 10.8 Å². The van der Waals surface area contributed by atoms with Gasteiger partial charge in [0.1, 0.15) is 5.75 Å². The SMILES string of the molecule is COCOc1ccc2ccccc2c1-c1ccccc1-c1ccc(C(F)(F)F)cc1. The fraction of sp³-hybridized carbons (Fsp3) is 0.120. The maximum Gasteiger partial charge on any atom is 0.416 e. The largest absolute Gasteiger partial charge is 0.467 e. The first kappa shape index (κ1) is 20.0. The summed E-state index contributed by atoms with van der Waals surface area (Å²) in [5.74, 6) is 0.648. The van der Waals surface area contributed by atoms with Gasteiger partial charge in [-0.3, -0.25) is 0 Å². The lowest BCUT2D eigenvalue weighted by atomic mass is 9.90. The summed E-state index contributed by atoms with van der Waals surface area (Å²) in [5.41, 5.74) is 2.60. The Bertz CT molecular complexity index is 1170. The molecule has 4 aromatic carbocycles. The van der Waals surface area contributed by atoms with Crippen molar-refractivity contribution in [1.29, 1.82) is 0 Å². The van der Waals surface area contributed by atoms with Crippen molar-refractivity contribution in [3.63, 3.8) is 0 Å². The van der Waals surface area contributed by atoms with Crippen LogP contribution in [0.5, 0.6) is 5.75 Å². The van der Waals surface area contributed by atoms with Crippen molar-refractivity contribution < 1.29 is 22.6 Å². The monoisotopic (exact) mass is 408 g/mol. The normalized spacial score (nSPS) is 11.6. The minimum absolute atomic E-state index is 0.0911. The zero-order valence-corrected chi connectivity index (χ0v) is 16.2. The van der Waals surface area contributed by atoms with E-state index in [2.05, 4.69) is 0 Å². The van der Waals surface area contributed by atoms with E-state index in [-0.39, 0.29) is 6.79 Å². The third-order valence-corrected chi connectivity index (χ3v) is 4.94. The summed E-state index contributed by atoms with van der Waals surface area (Å²) in [5, 5.41) is 2.03. The third-order valence-electron chi connectivity index (χ3n) is 4.94. The molecule has 30 heavy (non-hydrogen) atoms. The highest BCUT2D eigenvalue weighted by Crippen LogP contribution is 2.42. The third kappa shape index (κ3) is 3.89. The number of hydrogen-bond acceptors (Lipinski definition) is 2. The van der Waals surface area contributed by atoms with Gasteiger partial charge in [-0.1, -0.05) is 66.7 Å². The molecule has 4 rings (SSSR count). The molecule has 0 aliphatic rings. The van der Waals surface area contributed by atoms with Crippen LogP contribution in [0.3, 0.4) is 0 Å². The highest BCUT2D eigenvalue weighted by Gasteiger charge is 2.30. The van der Waals surface area contributed by atoms with Crippen molar-refractivity contribution in [2.75, 3.05) is 13.9 Å². The summed E-state index contributed by atoms with van der Waals surface area (Å²) in [4.78, 5) is 0. The summed E-state index contributed by atoms with van der Waals surface area (Å²) in [6.45, 7) is 0.0911. The molecule has 0 heterocycles. The molecule has 0 radical (unpaired) electrons. The van der Waals surface area contributed by atoms with Gasteiger partial charge in [-0.15, -0.1) is 0 Å². The van der Waals surface area contributed by atoms with E-state index < -0.39 is 11.7 Å². The van der Waals surface area contributed by atoms with Gasteiger partial charge < -0.3 is 9.47 Å². The predicted molar refractivity (Wildman–Crippen MR) is 112 cm³/mol. The Morgan fingerprint density at radius 1 is 0.733 bits per heavy atom. The first-order chi connectivity index (χ1) is 14.5. The van der Waals surface area contributed by atoms with Crippen LogP contribution in [0.1, 0.15) is 5.56 Å². The molecule has 0 aliphatic carbocycles. The summed E-state index contributed by atoms with van der Waals surface area (Å²) in [6, 6.07) is 24.7. The van der Waals surface area contributed by atoms with Crippen molar-refractivity contribution in [2.24, 2.45) is 0 Å². The molecule has 0 N–H and O–H groups in total. The van der Waals surface area contributed by atoms with E-state index in [9.17, 15) is 13.2 Å². The van der Waals surface area contributed by atoms with Crippen LogP contribution in [0.4, 0.5) is 13.2 Å². The molecular formula is C25H19F3O2. The van der Waals surface area contributed by atoms with Gasteiger partial charge in [-0.05, 0) is 45.7 Å². The van der Waals surface area contributed by atoms with Crippen LogP contribution in [-0.4, -0.2) is 13.9 Å². The van der Waals surface area contributed by atoms with Gasteiger partial charge in [0.05, 0.1) is 5.56 Å². The fourth-order valence-corrected chi connectivity index (χ4v) is 3.56. The molecule has 0 saturated heterocycles. The lowest BCUT2D eigenvalue weighted by molar-refractivity contribution is -0.137. The molecule has 0 aromatic heterocycles. The van der Waals surface area contributed by atoms with Crippen molar-refractivity contribution in [2.45, 2.75) is 6.18 Å². The van der Waals surface area contributed by atoms with E-state index in [0.29, 0.717) is 11.3 Å². The molecule has 0 unspecified atom stereocenters. The zero-order valence-electron chi connectivity index (χ0n) is 16.2. The second-order valence-electron chi connectivity index (χ2n) is 6.83. The van der Waals surface area contributed by atoms with Crippen LogP contribution >= 0.6 is 0 Å². The van der Waals surface area contributed by atoms with Crippen LogP contribution in [-0.2, 0) is 10.9 Å². The maximum absolute atomic E-state index is 13.0. The number of methoxy groups -OCH3 is 1. The second kappa shape index (κ2) is 8.20. The topological polar surface area (TPSA) is 18.5 Å². The van der Waals surface area contributed by atoms with Crippen molar-refractivity contribution in [1.82, 2.24) is 0 Å². The number of halogens is 3. The Labute approximate surface area is 172 Å². The van der Waals surface area contributed by atoms with Crippen LogP contribution in [0.25, 0.3) is 33.0 Å². The molecule has 2 nitrogen and oxygen atoms in total. The van der Waals surface area contributed by atoms with Crippen LogP contribution < -0.4 is 4.74 Å². The number of alkyl halides is 3. The molecule has 0 fully saturated rings. The first-order valence-electron chi connectivity index (χ1n) is 9.39. The molecule has 0 amide bonds. The van der Waals surface area contributed by atoms with Gasteiger partial charge in [-0.25, -0.2) is 0 Å². The lowest BCUT2D eigenvalue weighted by Crippen LogP contribution is -2.04. The van der Waals surface area contributed by atoms with Gasteiger partial charge in [0.2, 0.25) is 0 Å². The van der Waals surface area contributed by atoms with E-state index >= 15 is 0 Å². The molecule has 4 aromatic rings. The van der Waals surface area contributed by atoms with Crippen LogP contribution in [0, 0.1) is 0 Å². The molecular weight excluding hydrogens is 389 g/mol. The van der Waals surface area contributed by atoms with Gasteiger partial charge >= 0.3 is 6.18 Å². The number of hydrogen-bond donors (Lipinski definition) is 0. The molecule has 0 saturated carbocycles. The number of ether oxygens (including phenoxy) is 2. The minimum Gasteiger partial charge on any atom is -0.467 e. The summed E-state index contributed by atoms with van der Waals surface area (Å²) in [6.07, 6.45) is -4.37. The highest BCUT2D eigenvalue weighted by atomic mass is 19.4. The average molecular weight is 408 g/mol. The molecule has 0 atom stereocenters. The quantitative estimate of drug-likeness (QED) is 0.326. The van der Waals surface area contributed by atoms with Crippen LogP contribution in [0.2, 0.25) is 0 Å². The Kier molecular flexibility index (Phi) is 5.46. The summed E-state index contributed by atoms with van der Waals surface area (Å²) < 4.78 is 49.9. The standard InChI is InChI=1S/C25H19F3O2/c1-29-16-30-23-15-12-17-6-2-3-8-21(17)24(23)22-9-5-4-7-20(22)18-10-13-19(14-11-18)25(26,27)28/h2-15H,16H2,1H3. The fourth-order valence-electron chi connectivity index (χ4n) is 3.56. The van der Waals surface area contributed by atoms with Crippen molar-refractivity contribution in [3.05, 3.63) is 90.5 Å². The summed E-state index contributed by atoms with van der Waals surface area (Å²) in [7, 11) is 1.55. The Hall–Kier alpha value is -3.31. The predicted octanol–water partition coefficient (Wildman–Crippen LogP) is 7.18. The Morgan fingerprint density at radius 2 is 1.40 bits per heavy atom. The van der Waals surface area contributed by atoms with E-state index in [1.165, 1.54) is 12.1 Å². The van der Waals surface area contributed by atoms with E-state index in [1.807, 2.05) is 60.7 Å². The molecule has 0 bridgehead atoms. The lowest BCUT2D eigenvalue weighted by Gasteiger charge is -2.17. The number of rotatable bonds is 5. The van der Waals surface area contributed by atoms with E-state index in [1.54, 1.807) is 7.11 Å². The van der Waals surface area contributed by atoms with Gasteiger partial charge in [-0.2, -0.15) is 13.2 Å². The Balaban J connectivity index is 1.91.